The van der Waals surface area contributed by atoms with Crippen LogP contribution in [0.15, 0.2) is 0 Å². The summed E-state index contributed by atoms with van der Waals surface area (Å²) in [6.45, 7) is 8.97. The summed E-state index contributed by atoms with van der Waals surface area (Å²) in [5.41, 5.74) is 0.197. The molecule has 0 aromatic heterocycles. The fourth-order valence-electron chi connectivity index (χ4n) is 1.72. The summed E-state index contributed by atoms with van der Waals surface area (Å²) in [7, 11) is -0.394. The summed E-state index contributed by atoms with van der Waals surface area (Å²) >= 11 is 3.68. The van der Waals surface area contributed by atoms with Gasteiger partial charge in [-0.25, -0.2) is 0 Å². The van der Waals surface area contributed by atoms with Gasteiger partial charge in [-0.3, -0.25) is 0 Å². The van der Waals surface area contributed by atoms with Crippen molar-refractivity contribution in [1.29, 1.82) is 0 Å². The fraction of sp³-hybridized carbons (Fsp3) is 1.00. The Morgan fingerprint density at radius 1 is 1.21 bits per heavy atom. The summed E-state index contributed by atoms with van der Waals surface area (Å²) < 4.78 is 6.86. The first-order valence-corrected chi connectivity index (χ1v) is 8.23. The summed E-state index contributed by atoms with van der Waals surface area (Å²) in [6, 6.07) is 0. The zero-order valence-electron chi connectivity index (χ0n) is 10.1. The number of halogens is 1. The van der Waals surface area contributed by atoms with Gasteiger partial charge in [0.2, 0.25) is 0 Å². The van der Waals surface area contributed by atoms with Crippen molar-refractivity contribution >= 4 is 25.7 Å². The summed E-state index contributed by atoms with van der Waals surface area (Å²) in [5.74, 6) is 0. The molecule has 0 saturated heterocycles. The second-order valence-electron chi connectivity index (χ2n) is 3.96. The Morgan fingerprint density at radius 2 is 1.79 bits per heavy atom. The van der Waals surface area contributed by atoms with E-state index in [4.69, 9.17) is 4.43 Å². The molecule has 0 heterocycles. The highest BCUT2D eigenvalue weighted by molar-refractivity contribution is 9.10. The zero-order chi connectivity index (χ0) is 11.0. The van der Waals surface area contributed by atoms with E-state index in [1.54, 1.807) is 0 Å². The molecule has 1 unspecified atom stereocenters. The first-order valence-electron chi connectivity index (χ1n) is 5.92. The van der Waals surface area contributed by atoms with Crippen molar-refractivity contribution in [3.05, 3.63) is 0 Å². The minimum absolute atomic E-state index is 0.197. The van der Waals surface area contributed by atoms with E-state index in [1.807, 2.05) is 0 Å². The lowest BCUT2D eigenvalue weighted by atomic mass is 9.92. The van der Waals surface area contributed by atoms with Crippen LogP contribution < -0.4 is 0 Å². The van der Waals surface area contributed by atoms with E-state index >= 15 is 0 Å². The van der Waals surface area contributed by atoms with E-state index in [0.29, 0.717) is 4.45 Å². The lowest BCUT2D eigenvalue weighted by Crippen LogP contribution is -2.34. The standard InChI is InChI=1S/C11H25BrOSi/c1-5-9-11(7-3,8-4)13-14-10(12)6-2/h10H,5-9,14H2,1-4H3. The topological polar surface area (TPSA) is 9.23 Å². The highest BCUT2D eigenvalue weighted by Crippen LogP contribution is 2.26. The molecule has 0 fully saturated rings. The van der Waals surface area contributed by atoms with Crippen LogP contribution in [0.2, 0.25) is 0 Å². The molecule has 1 atom stereocenters. The highest BCUT2D eigenvalue weighted by atomic mass is 79.9. The lowest BCUT2D eigenvalue weighted by Gasteiger charge is -2.33. The fourth-order valence-corrected chi connectivity index (χ4v) is 3.44. The summed E-state index contributed by atoms with van der Waals surface area (Å²) in [4.78, 5) is 0. The molecule has 0 radical (unpaired) electrons. The monoisotopic (exact) mass is 280 g/mol. The van der Waals surface area contributed by atoms with Crippen molar-refractivity contribution in [3.63, 3.8) is 0 Å². The predicted octanol–water partition coefficient (Wildman–Crippen LogP) is 3.58. The molecule has 0 bridgehead atoms. The second-order valence-corrected chi connectivity index (χ2v) is 8.05. The molecule has 0 N–H and O–H groups in total. The third-order valence-electron chi connectivity index (χ3n) is 3.01. The molecule has 14 heavy (non-hydrogen) atoms. The molecule has 3 heteroatoms. The maximum atomic E-state index is 6.21. The molecule has 0 aliphatic carbocycles. The number of alkyl halides is 1. The third kappa shape index (κ3) is 4.94. The molecule has 0 spiro atoms. The van der Waals surface area contributed by atoms with Crippen LogP contribution in [0, 0.1) is 0 Å². The van der Waals surface area contributed by atoms with Crippen LogP contribution >= 0.6 is 15.9 Å². The molecule has 0 aromatic rings. The third-order valence-corrected chi connectivity index (χ3v) is 6.17. The Morgan fingerprint density at radius 3 is 2.14 bits per heavy atom. The largest absolute Gasteiger partial charge is 0.417 e. The lowest BCUT2D eigenvalue weighted by molar-refractivity contribution is 0.0538. The smallest absolute Gasteiger partial charge is 0.175 e. The Bertz CT molecular complexity index is 137. The predicted molar refractivity (Wildman–Crippen MR) is 70.9 cm³/mol. The van der Waals surface area contributed by atoms with Crippen LogP contribution in [-0.4, -0.2) is 19.8 Å². The average Bonchev–Trinajstić information content (AvgIpc) is 2.24. The molecular formula is C11H25BrOSi. The van der Waals surface area contributed by atoms with Crippen LogP contribution in [0.25, 0.3) is 0 Å². The molecule has 0 saturated carbocycles. The van der Waals surface area contributed by atoms with E-state index in [0.717, 1.165) is 12.8 Å². The Hall–Kier alpha value is 0.657. The molecule has 0 rings (SSSR count). The Kier molecular flexibility index (Phi) is 8.26. The van der Waals surface area contributed by atoms with E-state index in [-0.39, 0.29) is 5.60 Å². The van der Waals surface area contributed by atoms with Gasteiger partial charge in [-0.2, -0.15) is 0 Å². The van der Waals surface area contributed by atoms with Crippen molar-refractivity contribution in [1.82, 2.24) is 0 Å². The van der Waals surface area contributed by atoms with Gasteiger partial charge in [0, 0.05) is 4.45 Å². The van der Waals surface area contributed by atoms with E-state index < -0.39 is 9.76 Å². The Labute approximate surface area is 100 Å². The second kappa shape index (κ2) is 7.89. The van der Waals surface area contributed by atoms with Gasteiger partial charge in [-0.15, -0.1) is 0 Å². The molecule has 0 aromatic carbocycles. The number of hydrogen-bond acceptors (Lipinski definition) is 1. The molecule has 86 valence electrons. The van der Waals surface area contributed by atoms with Crippen LogP contribution in [0.1, 0.15) is 59.8 Å². The first-order chi connectivity index (χ1) is 6.64. The van der Waals surface area contributed by atoms with Crippen LogP contribution in [-0.2, 0) is 4.43 Å². The molecule has 0 amide bonds. The van der Waals surface area contributed by atoms with Crippen LogP contribution in [0.5, 0.6) is 0 Å². The normalized spacial score (nSPS) is 15.2. The SMILES string of the molecule is CCCC(CC)(CC)O[SiH2]C(Br)CC. The van der Waals surface area contributed by atoms with Crippen LogP contribution in [0.4, 0.5) is 0 Å². The molecule has 1 nitrogen and oxygen atoms in total. The van der Waals surface area contributed by atoms with E-state index in [9.17, 15) is 0 Å². The average molecular weight is 281 g/mol. The molecular weight excluding hydrogens is 256 g/mol. The van der Waals surface area contributed by atoms with Crippen molar-refractivity contribution in [2.24, 2.45) is 0 Å². The minimum Gasteiger partial charge on any atom is -0.417 e. The van der Waals surface area contributed by atoms with Crippen molar-refractivity contribution in [2.45, 2.75) is 69.9 Å². The van der Waals surface area contributed by atoms with Gasteiger partial charge in [0.25, 0.3) is 0 Å². The number of hydrogen-bond donors (Lipinski definition) is 0. The maximum absolute atomic E-state index is 6.21. The highest BCUT2D eigenvalue weighted by Gasteiger charge is 2.25. The molecule has 0 aliphatic rings. The van der Waals surface area contributed by atoms with Crippen molar-refractivity contribution in [3.8, 4) is 0 Å². The quantitative estimate of drug-likeness (QED) is 0.488. The van der Waals surface area contributed by atoms with Gasteiger partial charge >= 0.3 is 0 Å². The molecule has 0 aliphatic heterocycles. The van der Waals surface area contributed by atoms with Gasteiger partial charge in [0.05, 0.1) is 5.60 Å². The number of rotatable bonds is 8. The van der Waals surface area contributed by atoms with Crippen molar-refractivity contribution in [2.75, 3.05) is 0 Å². The minimum atomic E-state index is -0.394. The van der Waals surface area contributed by atoms with Crippen molar-refractivity contribution < 1.29 is 4.43 Å². The Balaban J connectivity index is 4.06. The van der Waals surface area contributed by atoms with Gasteiger partial charge in [-0.1, -0.05) is 50.0 Å². The van der Waals surface area contributed by atoms with Gasteiger partial charge in [0.1, 0.15) is 0 Å². The van der Waals surface area contributed by atoms with Crippen LogP contribution in [0.3, 0.4) is 0 Å². The zero-order valence-corrected chi connectivity index (χ0v) is 13.1. The van der Waals surface area contributed by atoms with Gasteiger partial charge in [-0.05, 0) is 25.7 Å². The van der Waals surface area contributed by atoms with E-state index in [1.165, 1.54) is 19.3 Å². The maximum Gasteiger partial charge on any atom is 0.175 e. The van der Waals surface area contributed by atoms with Gasteiger partial charge in [0.15, 0.2) is 9.76 Å². The van der Waals surface area contributed by atoms with Gasteiger partial charge < -0.3 is 4.43 Å². The summed E-state index contributed by atoms with van der Waals surface area (Å²) in [6.07, 6.45) is 5.97. The van der Waals surface area contributed by atoms with E-state index in [2.05, 4.69) is 43.6 Å². The first kappa shape index (κ1) is 14.7. The summed E-state index contributed by atoms with van der Waals surface area (Å²) in [5, 5.41) is 0.